The van der Waals surface area contributed by atoms with Gasteiger partial charge in [0, 0.05) is 6.08 Å². The van der Waals surface area contributed by atoms with Crippen LogP contribution in [0.5, 0.6) is 0 Å². The summed E-state index contributed by atoms with van der Waals surface area (Å²) in [5, 5.41) is 8.82. The highest BCUT2D eigenvalue weighted by Gasteiger charge is 2.48. The van der Waals surface area contributed by atoms with E-state index < -0.39 is 14.5 Å². The minimum absolute atomic E-state index is 1.07. The second-order valence-corrected chi connectivity index (χ2v) is 17.1. The first-order chi connectivity index (χ1) is 21.3. The van der Waals surface area contributed by atoms with Crippen LogP contribution in [0.2, 0.25) is 0 Å². The molecule has 0 saturated heterocycles. The molecule has 0 radical (unpaired) electrons. The lowest BCUT2D eigenvalue weighted by molar-refractivity contribution is 1.71. The van der Waals surface area contributed by atoms with Crippen molar-refractivity contribution in [3.05, 3.63) is 212 Å². The maximum atomic E-state index is 4.82. The van der Waals surface area contributed by atoms with Crippen LogP contribution in [-0.4, -0.2) is 0 Å². The smallest absolute Gasteiger partial charge is 0.0777 e. The molecule has 6 rings (SSSR count). The van der Waals surface area contributed by atoms with Gasteiger partial charge in [-0.05, 0) is 72.8 Å². The summed E-state index contributed by atoms with van der Waals surface area (Å²) in [6, 6.07) is 65.3. The van der Waals surface area contributed by atoms with Gasteiger partial charge in [0.1, 0.15) is 57.5 Å². The SMILES string of the molecule is C=C(C=C=C[P+](c1ccccc1)(c1ccccc1)c1ccccc1)[P+](c1ccccc1)(c1ccccc1)c1ccccc1. The van der Waals surface area contributed by atoms with Gasteiger partial charge in [-0.1, -0.05) is 122 Å². The summed E-state index contributed by atoms with van der Waals surface area (Å²) in [5.74, 6) is 2.34. The zero-order valence-electron chi connectivity index (χ0n) is 24.1. The van der Waals surface area contributed by atoms with Gasteiger partial charge in [0.2, 0.25) is 0 Å². The molecule has 0 spiro atoms. The van der Waals surface area contributed by atoms with Crippen molar-refractivity contribution in [2.45, 2.75) is 0 Å². The zero-order chi connectivity index (χ0) is 29.4. The fourth-order valence-corrected chi connectivity index (χ4v) is 13.5. The molecule has 0 unspecified atom stereocenters. The molecule has 0 aromatic heterocycles. The second-order valence-electron chi connectivity index (χ2n) is 10.3. The third-order valence-corrected chi connectivity index (χ3v) is 16.0. The lowest BCUT2D eigenvalue weighted by Gasteiger charge is -2.27. The van der Waals surface area contributed by atoms with Crippen LogP contribution in [0, 0.1) is 0 Å². The van der Waals surface area contributed by atoms with Crippen molar-refractivity contribution in [3.8, 4) is 0 Å². The van der Waals surface area contributed by atoms with Gasteiger partial charge in [-0.3, -0.25) is 0 Å². The molecule has 0 fully saturated rings. The third-order valence-electron chi connectivity index (χ3n) is 7.87. The van der Waals surface area contributed by atoms with Gasteiger partial charge < -0.3 is 0 Å². The lowest BCUT2D eigenvalue weighted by Crippen LogP contribution is -2.31. The van der Waals surface area contributed by atoms with E-state index in [1.54, 1.807) is 0 Å². The number of allylic oxidation sites excluding steroid dienone is 2. The predicted molar refractivity (Wildman–Crippen MR) is 192 cm³/mol. The maximum absolute atomic E-state index is 4.82. The van der Waals surface area contributed by atoms with E-state index in [4.69, 9.17) is 6.58 Å². The summed E-state index contributed by atoms with van der Waals surface area (Å²) >= 11 is 0. The Morgan fingerprint density at radius 3 is 0.930 bits per heavy atom. The summed E-state index contributed by atoms with van der Waals surface area (Å²) in [6.45, 7) is 4.82. The topological polar surface area (TPSA) is 0 Å². The first kappa shape index (κ1) is 28.6. The molecule has 0 amide bonds. The molecule has 0 atom stereocenters. The monoisotopic (exact) mass is 588 g/mol. The van der Waals surface area contributed by atoms with Crippen LogP contribution in [0.4, 0.5) is 0 Å². The summed E-state index contributed by atoms with van der Waals surface area (Å²) in [7, 11) is -4.44. The average Bonchev–Trinajstić information content (AvgIpc) is 3.10. The summed E-state index contributed by atoms with van der Waals surface area (Å²) in [4.78, 5) is 0. The Kier molecular flexibility index (Phi) is 8.75. The van der Waals surface area contributed by atoms with E-state index in [2.05, 4.69) is 200 Å². The van der Waals surface area contributed by atoms with Crippen molar-refractivity contribution in [1.82, 2.24) is 0 Å². The van der Waals surface area contributed by atoms with Gasteiger partial charge in [0.25, 0.3) is 0 Å². The average molecular weight is 589 g/mol. The number of hydrogen-bond acceptors (Lipinski definition) is 0. The largest absolute Gasteiger partial charge is 0.144 e. The molecule has 6 aromatic rings. The molecule has 43 heavy (non-hydrogen) atoms. The molecule has 0 saturated carbocycles. The molecular formula is C41H34P2+2. The Balaban J connectivity index is 1.60. The Morgan fingerprint density at radius 1 is 0.395 bits per heavy atom. The number of benzene rings is 6. The van der Waals surface area contributed by atoms with E-state index in [1.807, 2.05) is 0 Å². The molecule has 0 heterocycles. The molecule has 0 N–H and O–H groups in total. The van der Waals surface area contributed by atoms with Gasteiger partial charge in [-0.15, -0.1) is 0 Å². The van der Waals surface area contributed by atoms with Crippen LogP contribution in [0.25, 0.3) is 0 Å². The van der Waals surface area contributed by atoms with Crippen molar-refractivity contribution < 1.29 is 0 Å². The molecule has 0 nitrogen and oxygen atoms in total. The minimum Gasteiger partial charge on any atom is -0.0777 e. The van der Waals surface area contributed by atoms with E-state index in [-0.39, 0.29) is 0 Å². The van der Waals surface area contributed by atoms with Gasteiger partial charge in [-0.2, -0.15) is 0 Å². The van der Waals surface area contributed by atoms with Gasteiger partial charge in [0.05, 0.1) is 0 Å². The standard InChI is InChI=1S/C41H34P2/c1-35(43(39-28-14-5-15-29-39,40-30-16-6-17-31-40)41-32-18-7-19-33-41)21-20-34-42(36-22-8-2-9-23-36,37-24-10-3-11-25-37)38-26-12-4-13-27-38/h2-19,21-34H,1H2/q+2. The maximum Gasteiger partial charge on any atom is 0.144 e. The summed E-state index contributed by atoms with van der Waals surface area (Å²) in [6.07, 6.45) is 2.16. The van der Waals surface area contributed by atoms with E-state index in [9.17, 15) is 0 Å². The Hall–Kier alpha value is -4.56. The molecule has 206 valence electrons. The predicted octanol–water partition coefficient (Wildman–Crippen LogP) is 8.16. The van der Waals surface area contributed by atoms with Gasteiger partial charge in [-0.25, -0.2) is 0 Å². The number of rotatable bonds is 9. The van der Waals surface area contributed by atoms with Crippen LogP contribution < -0.4 is 31.8 Å². The molecule has 0 aliphatic carbocycles. The van der Waals surface area contributed by atoms with Gasteiger partial charge in [0.15, 0.2) is 0 Å². The van der Waals surface area contributed by atoms with Crippen molar-refractivity contribution in [2.24, 2.45) is 0 Å². The highest BCUT2D eigenvalue weighted by atomic mass is 31.2. The highest BCUT2D eigenvalue weighted by molar-refractivity contribution is 7.99. The summed E-state index contributed by atoms with van der Waals surface area (Å²) < 4.78 is 0. The van der Waals surface area contributed by atoms with Crippen molar-refractivity contribution in [1.29, 1.82) is 0 Å². The fourth-order valence-electron chi connectivity index (χ4n) is 5.90. The second kappa shape index (κ2) is 13.2. The number of hydrogen-bond donors (Lipinski definition) is 0. The highest BCUT2D eigenvalue weighted by Crippen LogP contribution is 2.62. The van der Waals surface area contributed by atoms with E-state index >= 15 is 0 Å². The van der Waals surface area contributed by atoms with E-state index in [0.717, 1.165) is 5.31 Å². The Bertz CT molecular complexity index is 1630. The summed E-state index contributed by atoms with van der Waals surface area (Å²) in [5.41, 5.74) is 3.76. The zero-order valence-corrected chi connectivity index (χ0v) is 25.9. The first-order valence-electron chi connectivity index (χ1n) is 14.5. The van der Waals surface area contributed by atoms with Gasteiger partial charge >= 0.3 is 0 Å². The molecule has 6 aromatic carbocycles. The van der Waals surface area contributed by atoms with Crippen molar-refractivity contribution in [2.75, 3.05) is 0 Å². The van der Waals surface area contributed by atoms with Crippen LogP contribution >= 0.6 is 14.5 Å². The van der Waals surface area contributed by atoms with Crippen molar-refractivity contribution in [3.63, 3.8) is 0 Å². The lowest BCUT2D eigenvalue weighted by atomic mass is 10.3. The van der Waals surface area contributed by atoms with E-state index in [0.29, 0.717) is 0 Å². The first-order valence-corrected chi connectivity index (χ1v) is 18.2. The van der Waals surface area contributed by atoms with Crippen LogP contribution in [0.15, 0.2) is 212 Å². The van der Waals surface area contributed by atoms with Crippen LogP contribution in [-0.2, 0) is 0 Å². The molecule has 0 aliphatic rings. The fraction of sp³-hybridized carbons (Fsp3) is 0. The molecular weight excluding hydrogens is 554 g/mol. The van der Waals surface area contributed by atoms with Crippen molar-refractivity contribution >= 4 is 46.4 Å². The van der Waals surface area contributed by atoms with E-state index in [1.165, 1.54) is 31.8 Å². The molecule has 0 aliphatic heterocycles. The normalized spacial score (nSPS) is 11.3. The molecule has 0 bridgehead atoms. The molecule has 2 heteroatoms. The quantitative estimate of drug-likeness (QED) is 0.0909. The Morgan fingerprint density at radius 2 is 0.651 bits per heavy atom. The third kappa shape index (κ3) is 5.50. The van der Waals surface area contributed by atoms with Crippen LogP contribution in [0.3, 0.4) is 0 Å². The van der Waals surface area contributed by atoms with Crippen LogP contribution in [0.1, 0.15) is 0 Å². The Labute approximate surface area is 257 Å². The minimum atomic E-state index is -2.26.